The monoisotopic (exact) mass is 445 g/mol. The van der Waals surface area contributed by atoms with Crippen LogP contribution in [0.5, 0.6) is 5.75 Å². The SMILES string of the molecule is COc1ccc(Nc2cc(C)nc(NCCNS(=O)(=O)Cc3ccc(F)cc3)n2)cc1. The average molecular weight is 446 g/mol. The zero-order valence-electron chi connectivity index (χ0n) is 17.2. The summed E-state index contributed by atoms with van der Waals surface area (Å²) in [5.41, 5.74) is 2.11. The number of ether oxygens (including phenoxy) is 1. The van der Waals surface area contributed by atoms with Crippen molar-refractivity contribution in [2.45, 2.75) is 12.7 Å². The molecule has 0 bridgehead atoms. The lowest BCUT2D eigenvalue weighted by molar-refractivity contribution is 0.415. The molecule has 10 heteroatoms. The highest BCUT2D eigenvalue weighted by Crippen LogP contribution is 2.20. The maximum Gasteiger partial charge on any atom is 0.224 e. The van der Waals surface area contributed by atoms with Crippen molar-refractivity contribution in [3.8, 4) is 5.75 Å². The second-order valence-electron chi connectivity index (χ2n) is 6.78. The Morgan fingerprint density at radius 1 is 1.00 bits per heavy atom. The number of nitrogens with zero attached hydrogens (tertiary/aromatic N) is 2. The van der Waals surface area contributed by atoms with Crippen LogP contribution < -0.4 is 20.1 Å². The minimum atomic E-state index is -3.54. The predicted octanol–water partition coefficient (Wildman–Crippen LogP) is 3.21. The molecule has 3 rings (SSSR count). The molecular formula is C21H24FN5O3S. The molecule has 0 aliphatic rings. The van der Waals surface area contributed by atoms with E-state index in [0.717, 1.165) is 17.1 Å². The molecular weight excluding hydrogens is 421 g/mol. The number of anilines is 3. The fourth-order valence-electron chi connectivity index (χ4n) is 2.77. The molecule has 0 saturated heterocycles. The third-order valence-electron chi connectivity index (χ3n) is 4.22. The minimum Gasteiger partial charge on any atom is -0.497 e. The van der Waals surface area contributed by atoms with Gasteiger partial charge in [0.1, 0.15) is 17.4 Å². The molecule has 0 spiro atoms. The lowest BCUT2D eigenvalue weighted by atomic mass is 10.2. The van der Waals surface area contributed by atoms with Crippen molar-refractivity contribution in [2.24, 2.45) is 0 Å². The van der Waals surface area contributed by atoms with Gasteiger partial charge in [-0.3, -0.25) is 0 Å². The number of rotatable bonds is 10. The Morgan fingerprint density at radius 3 is 2.39 bits per heavy atom. The summed E-state index contributed by atoms with van der Waals surface area (Å²) in [5, 5.41) is 6.21. The summed E-state index contributed by atoms with van der Waals surface area (Å²) < 4.78 is 44.9. The van der Waals surface area contributed by atoms with Crippen LogP contribution in [0.25, 0.3) is 0 Å². The molecule has 8 nitrogen and oxygen atoms in total. The van der Waals surface area contributed by atoms with Gasteiger partial charge in [-0.2, -0.15) is 4.98 Å². The van der Waals surface area contributed by atoms with Gasteiger partial charge in [0.15, 0.2) is 0 Å². The first kappa shape index (κ1) is 22.4. The molecule has 0 saturated carbocycles. The van der Waals surface area contributed by atoms with Crippen molar-refractivity contribution >= 4 is 27.5 Å². The molecule has 1 aromatic heterocycles. The Balaban J connectivity index is 1.52. The second kappa shape index (κ2) is 10.2. The first-order chi connectivity index (χ1) is 14.8. The van der Waals surface area contributed by atoms with E-state index >= 15 is 0 Å². The van der Waals surface area contributed by atoms with Crippen molar-refractivity contribution in [3.05, 3.63) is 71.7 Å². The fraction of sp³-hybridized carbons (Fsp3) is 0.238. The highest BCUT2D eigenvalue weighted by atomic mass is 32.2. The number of methoxy groups -OCH3 is 1. The Kier molecular flexibility index (Phi) is 7.37. The maximum atomic E-state index is 12.9. The standard InChI is InChI=1S/C21H24FN5O3S/c1-15-13-20(26-18-7-9-19(30-2)10-8-18)27-21(25-15)23-11-12-24-31(28,29)14-16-3-5-17(22)6-4-16/h3-10,13,24H,11-12,14H2,1-2H3,(H2,23,25,26,27). The molecule has 3 aromatic rings. The van der Waals surface area contributed by atoms with Gasteiger partial charge in [0.2, 0.25) is 16.0 Å². The van der Waals surface area contributed by atoms with Crippen molar-refractivity contribution in [3.63, 3.8) is 0 Å². The average Bonchev–Trinajstić information content (AvgIpc) is 2.73. The molecule has 0 fully saturated rings. The van der Waals surface area contributed by atoms with Crippen LogP contribution in [-0.4, -0.2) is 38.6 Å². The molecule has 0 aliphatic carbocycles. The number of hydrogen-bond donors (Lipinski definition) is 3. The molecule has 0 amide bonds. The van der Waals surface area contributed by atoms with E-state index in [2.05, 4.69) is 25.3 Å². The summed E-state index contributed by atoms with van der Waals surface area (Å²) >= 11 is 0. The molecule has 0 radical (unpaired) electrons. The van der Waals surface area contributed by atoms with Crippen LogP contribution >= 0.6 is 0 Å². The van der Waals surface area contributed by atoms with E-state index in [0.29, 0.717) is 23.9 Å². The number of aromatic nitrogens is 2. The van der Waals surface area contributed by atoms with Gasteiger partial charge in [0.25, 0.3) is 0 Å². The largest absolute Gasteiger partial charge is 0.497 e. The molecule has 1 heterocycles. The van der Waals surface area contributed by atoms with E-state index in [4.69, 9.17) is 4.74 Å². The summed E-state index contributed by atoms with van der Waals surface area (Å²) in [6, 6.07) is 14.6. The second-order valence-corrected chi connectivity index (χ2v) is 8.59. The molecule has 0 aliphatic heterocycles. The third-order valence-corrected chi connectivity index (χ3v) is 5.57. The van der Waals surface area contributed by atoms with Crippen molar-refractivity contribution in [2.75, 3.05) is 30.8 Å². The number of halogens is 1. The van der Waals surface area contributed by atoms with Crippen LogP contribution in [-0.2, 0) is 15.8 Å². The molecule has 0 atom stereocenters. The lowest BCUT2D eigenvalue weighted by Gasteiger charge is -2.11. The summed E-state index contributed by atoms with van der Waals surface area (Å²) in [4.78, 5) is 8.72. The van der Waals surface area contributed by atoms with E-state index in [-0.39, 0.29) is 12.3 Å². The van der Waals surface area contributed by atoms with Gasteiger partial charge < -0.3 is 15.4 Å². The van der Waals surface area contributed by atoms with E-state index in [9.17, 15) is 12.8 Å². The topological polar surface area (TPSA) is 105 Å². The summed E-state index contributed by atoms with van der Waals surface area (Å²) in [7, 11) is -1.93. The maximum absolute atomic E-state index is 12.9. The number of sulfonamides is 1. The van der Waals surface area contributed by atoms with Crippen molar-refractivity contribution in [1.82, 2.24) is 14.7 Å². The van der Waals surface area contributed by atoms with Gasteiger partial charge in [0.05, 0.1) is 12.9 Å². The smallest absolute Gasteiger partial charge is 0.224 e. The van der Waals surface area contributed by atoms with Gasteiger partial charge in [-0.25, -0.2) is 22.5 Å². The van der Waals surface area contributed by atoms with Gasteiger partial charge in [-0.15, -0.1) is 0 Å². The Bertz CT molecular complexity index is 1110. The third kappa shape index (κ3) is 7.19. The van der Waals surface area contributed by atoms with Gasteiger partial charge >= 0.3 is 0 Å². The first-order valence-corrected chi connectivity index (χ1v) is 11.2. The number of hydrogen-bond acceptors (Lipinski definition) is 7. The molecule has 164 valence electrons. The molecule has 2 aromatic carbocycles. The fourth-order valence-corrected chi connectivity index (χ4v) is 3.91. The predicted molar refractivity (Wildman–Crippen MR) is 119 cm³/mol. The van der Waals surface area contributed by atoms with Crippen LogP contribution in [0, 0.1) is 12.7 Å². The molecule has 31 heavy (non-hydrogen) atoms. The Labute approximate surface area is 180 Å². The number of aryl methyl sites for hydroxylation is 1. The highest BCUT2D eigenvalue weighted by molar-refractivity contribution is 7.88. The Hall–Kier alpha value is -3.24. The van der Waals surface area contributed by atoms with E-state index in [1.807, 2.05) is 31.2 Å². The van der Waals surface area contributed by atoms with Crippen molar-refractivity contribution < 1.29 is 17.5 Å². The summed E-state index contributed by atoms with van der Waals surface area (Å²) in [5.74, 6) is 1.13. The van der Waals surface area contributed by atoms with E-state index in [1.54, 1.807) is 13.2 Å². The van der Waals surface area contributed by atoms with E-state index < -0.39 is 15.8 Å². The van der Waals surface area contributed by atoms with Gasteiger partial charge in [0, 0.05) is 30.5 Å². The van der Waals surface area contributed by atoms with Crippen molar-refractivity contribution in [1.29, 1.82) is 0 Å². The van der Waals surface area contributed by atoms with Crippen LogP contribution in [0.3, 0.4) is 0 Å². The van der Waals surface area contributed by atoms with Crippen LogP contribution in [0.1, 0.15) is 11.3 Å². The van der Waals surface area contributed by atoms with Crippen LogP contribution in [0.2, 0.25) is 0 Å². The highest BCUT2D eigenvalue weighted by Gasteiger charge is 2.11. The van der Waals surface area contributed by atoms with E-state index in [1.165, 1.54) is 24.3 Å². The molecule has 3 N–H and O–H groups in total. The number of benzene rings is 2. The molecule has 0 unspecified atom stereocenters. The summed E-state index contributed by atoms with van der Waals surface area (Å²) in [6.45, 7) is 2.30. The summed E-state index contributed by atoms with van der Waals surface area (Å²) in [6.07, 6.45) is 0. The van der Waals surface area contributed by atoms with Gasteiger partial charge in [-0.05, 0) is 48.9 Å². The minimum absolute atomic E-state index is 0.155. The first-order valence-electron chi connectivity index (χ1n) is 9.55. The van der Waals surface area contributed by atoms with Crippen LogP contribution in [0.15, 0.2) is 54.6 Å². The van der Waals surface area contributed by atoms with Gasteiger partial charge in [-0.1, -0.05) is 12.1 Å². The zero-order valence-corrected chi connectivity index (χ0v) is 18.0. The van der Waals surface area contributed by atoms with Crippen LogP contribution in [0.4, 0.5) is 21.8 Å². The normalized spacial score (nSPS) is 11.2. The Morgan fingerprint density at radius 2 is 1.71 bits per heavy atom. The zero-order chi connectivity index (χ0) is 22.3. The number of nitrogens with one attached hydrogen (secondary N) is 3. The lowest BCUT2D eigenvalue weighted by Crippen LogP contribution is -2.30. The quantitative estimate of drug-likeness (QED) is 0.412.